The van der Waals surface area contributed by atoms with Gasteiger partial charge in [0, 0.05) is 11.6 Å². The van der Waals surface area contributed by atoms with Gasteiger partial charge in [0.05, 0.1) is 15.5 Å². The topological polar surface area (TPSA) is 75.3 Å². The predicted octanol–water partition coefficient (Wildman–Crippen LogP) is 2.83. The van der Waals surface area contributed by atoms with Gasteiger partial charge in [0.15, 0.2) is 0 Å². The Hall–Kier alpha value is -1.60. The molecule has 2 aromatic carbocycles. The summed E-state index contributed by atoms with van der Waals surface area (Å²) in [7, 11) is -2.35. The average molecular weight is 373 g/mol. The first-order valence-electron chi connectivity index (χ1n) is 6.59. The molecule has 5 nitrogen and oxygen atoms in total. The van der Waals surface area contributed by atoms with Crippen molar-refractivity contribution in [1.29, 1.82) is 0 Å². The highest BCUT2D eigenvalue weighted by Crippen LogP contribution is 2.20. The maximum Gasteiger partial charge on any atom is 0.253 e. The van der Waals surface area contributed by atoms with Gasteiger partial charge in [-0.1, -0.05) is 35.3 Å². The van der Waals surface area contributed by atoms with E-state index in [1.807, 2.05) is 0 Å². The zero-order valence-electron chi connectivity index (χ0n) is 12.1. The monoisotopic (exact) mass is 372 g/mol. The van der Waals surface area contributed by atoms with Gasteiger partial charge in [-0.15, -0.1) is 0 Å². The molecule has 2 N–H and O–H groups in total. The van der Waals surface area contributed by atoms with Crippen LogP contribution in [0.15, 0.2) is 47.4 Å². The second-order valence-electron chi connectivity index (χ2n) is 4.66. The van der Waals surface area contributed by atoms with E-state index in [2.05, 4.69) is 10.0 Å². The fourth-order valence-corrected chi connectivity index (χ4v) is 2.93. The Labute approximate surface area is 144 Å². The molecule has 0 heterocycles. The van der Waals surface area contributed by atoms with Crippen molar-refractivity contribution in [3.63, 3.8) is 0 Å². The zero-order chi connectivity index (χ0) is 17.0. The van der Waals surface area contributed by atoms with E-state index >= 15 is 0 Å². The molecule has 0 aliphatic rings. The van der Waals surface area contributed by atoms with Crippen molar-refractivity contribution in [2.24, 2.45) is 0 Å². The maximum absolute atomic E-state index is 12.2. The Bertz CT molecular complexity index is 821. The first kappa shape index (κ1) is 17.7. The van der Waals surface area contributed by atoms with Gasteiger partial charge in [-0.3, -0.25) is 4.79 Å². The summed E-state index contributed by atoms with van der Waals surface area (Å²) in [6.07, 6.45) is 0. The molecule has 0 bridgehead atoms. The van der Waals surface area contributed by atoms with Crippen LogP contribution in [-0.2, 0) is 16.6 Å². The minimum absolute atomic E-state index is 0.0268. The molecule has 0 atom stereocenters. The molecule has 23 heavy (non-hydrogen) atoms. The second-order valence-corrected chi connectivity index (χ2v) is 7.39. The van der Waals surface area contributed by atoms with Crippen molar-refractivity contribution in [3.8, 4) is 0 Å². The summed E-state index contributed by atoms with van der Waals surface area (Å²) < 4.78 is 25.8. The van der Waals surface area contributed by atoms with E-state index in [1.165, 1.54) is 25.2 Å². The molecule has 0 unspecified atom stereocenters. The van der Waals surface area contributed by atoms with Gasteiger partial charge in [0.25, 0.3) is 5.91 Å². The van der Waals surface area contributed by atoms with Crippen LogP contribution in [0, 0.1) is 0 Å². The lowest BCUT2D eigenvalue weighted by Crippen LogP contribution is -2.24. The summed E-state index contributed by atoms with van der Waals surface area (Å²) in [5, 5.41) is 3.47. The van der Waals surface area contributed by atoms with Crippen LogP contribution in [0.2, 0.25) is 10.0 Å². The molecule has 122 valence electrons. The minimum atomic E-state index is -3.65. The largest absolute Gasteiger partial charge is 0.348 e. The molecule has 0 saturated heterocycles. The molecule has 1 amide bonds. The van der Waals surface area contributed by atoms with Crippen LogP contribution in [0.25, 0.3) is 0 Å². The standard InChI is InChI=1S/C15H14Cl2N2O3S/c1-18-23(21,22)12-6-7-14(17)13(8-12)15(20)19-9-10-2-4-11(16)5-3-10/h2-8,18H,9H2,1H3,(H,19,20). The third-order valence-electron chi connectivity index (χ3n) is 3.13. The molecule has 0 spiro atoms. The van der Waals surface area contributed by atoms with Crippen LogP contribution in [0.5, 0.6) is 0 Å². The van der Waals surface area contributed by atoms with E-state index in [9.17, 15) is 13.2 Å². The molecule has 0 aromatic heterocycles. The Morgan fingerprint density at radius 2 is 1.74 bits per heavy atom. The summed E-state index contributed by atoms with van der Waals surface area (Å²) in [5.74, 6) is -0.460. The lowest BCUT2D eigenvalue weighted by molar-refractivity contribution is 0.0951. The van der Waals surface area contributed by atoms with E-state index in [-0.39, 0.29) is 22.0 Å². The number of halogens is 2. The smallest absolute Gasteiger partial charge is 0.253 e. The molecule has 0 aliphatic heterocycles. The van der Waals surface area contributed by atoms with Gasteiger partial charge >= 0.3 is 0 Å². The van der Waals surface area contributed by atoms with E-state index in [0.29, 0.717) is 5.02 Å². The molecule has 0 saturated carbocycles. The fraction of sp³-hybridized carbons (Fsp3) is 0.133. The number of carbonyl (C=O) groups excluding carboxylic acids is 1. The highest BCUT2D eigenvalue weighted by Gasteiger charge is 2.17. The van der Waals surface area contributed by atoms with Gasteiger partial charge in [-0.05, 0) is 42.9 Å². The summed E-state index contributed by atoms with van der Waals surface area (Å²) >= 11 is 11.8. The maximum atomic E-state index is 12.2. The summed E-state index contributed by atoms with van der Waals surface area (Å²) in [4.78, 5) is 12.2. The first-order valence-corrected chi connectivity index (χ1v) is 8.83. The Kier molecular flexibility index (Phi) is 5.64. The van der Waals surface area contributed by atoms with Crippen molar-refractivity contribution >= 4 is 39.1 Å². The SMILES string of the molecule is CNS(=O)(=O)c1ccc(Cl)c(C(=O)NCc2ccc(Cl)cc2)c1. The Morgan fingerprint density at radius 3 is 2.35 bits per heavy atom. The fourth-order valence-electron chi connectivity index (χ4n) is 1.84. The molecule has 8 heteroatoms. The number of hydrogen-bond acceptors (Lipinski definition) is 3. The normalized spacial score (nSPS) is 11.3. The van der Waals surface area contributed by atoms with Crippen molar-refractivity contribution < 1.29 is 13.2 Å². The van der Waals surface area contributed by atoms with E-state index in [1.54, 1.807) is 24.3 Å². The third kappa shape index (κ3) is 4.45. The van der Waals surface area contributed by atoms with Gasteiger partial charge in [-0.2, -0.15) is 0 Å². The van der Waals surface area contributed by atoms with Gasteiger partial charge in [0.1, 0.15) is 0 Å². The lowest BCUT2D eigenvalue weighted by Gasteiger charge is -2.09. The van der Waals surface area contributed by atoms with Crippen LogP contribution in [0.3, 0.4) is 0 Å². The number of sulfonamides is 1. The molecule has 2 rings (SSSR count). The van der Waals surface area contributed by atoms with E-state index < -0.39 is 15.9 Å². The Balaban J connectivity index is 2.18. The van der Waals surface area contributed by atoms with Crippen LogP contribution in [-0.4, -0.2) is 21.4 Å². The third-order valence-corrected chi connectivity index (χ3v) is 5.12. The van der Waals surface area contributed by atoms with Crippen LogP contribution >= 0.6 is 23.2 Å². The molecule has 0 radical (unpaired) electrons. The summed E-state index contributed by atoms with van der Waals surface area (Å²) in [6, 6.07) is 11.0. The number of benzene rings is 2. The first-order chi connectivity index (χ1) is 10.8. The second kappa shape index (κ2) is 7.31. The van der Waals surface area contributed by atoms with Gasteiger partial charge in [0.2, 0.25) is 10.0 Å². The quantitative estimate of drug-likeness (QED) is 0.846. The number of amides is 1. The van der Waals surface area contributed by atoms with E-state index in [4.69, 9.17) is 23.2 Å². The van der Waals surface area contributed by atoms with Crippen LogP contribution in [0.1, 0.15) is 15.9 Å². The number of nitrogens with one attached hydrogen (secondary N) is 2. The highest BCUT2D eigenvalue weighted by atomic mass is 35.5. The van der Waals surface area contributed by atoms with Gasteiger partial charge in [-0.25, -0.2) is 13.1 Å². The average Bonchev–Trinajstić information content (AvgIpc) is 2.54. The molecule has 0 fully saturated rings. The molecule has 0 aliphatic carbocycles. The summed E-state index contributed by atoms with van der Waals surface area (Å²) in [5.41, 5.74) is 0.954. The van der Waals surface area contributed by atoms with Crippen LogP contribution in [0.4, 0.5) is 0 Å². The zero-order valence-corrected chi connectivity index (χ0v) is 14.5. The molecular formula is C15H14Cl2N2O3S. The lowest BCUT2D eigenvalue weighted by atomic mass is 10.2. The number of carbonyl (C=O) groups is 1. The molecular weight excluding hydrogens is 359 g/mol. The Morgan fingerprint density at radius 1 is 1.09 bits per heavy atom. The molecule has 2 aromatic rings. The predicted molar refractivity (Wildman–Crippen MR) is 90.3 cm³/mol. The van der Waals surface area contributed by atoms with Crippen LogP contribution < -0.4 is 10.0 Å². The van der Waals surface area contributed by atoms with Crippen molar-refractivity contribution in [2.75, 3.05) is 7.05 Å². The van der Waals surface area contributed by atoms with Gasteiger partial charge < -0.3 is 5.32 Å². The van der Waals surface area contributed by atoms with Crippen molar-refractivity contribution in [2.45, 2.75) is 11.4 Å². The van der Waals surface area contributed by atoms with Crippen molar-refractivity contribution in [3.05, 3.63) is 63.6 Å². The van der Waals surface area contributed by atoms with Crippen molar-refractivity contribution in [1.82, 2.24) is 10.0 Å². The number of hydrogen-bond donors (Lipinski definition) is 2. The number of rotatable bonds is 5. The minimum Gasteiger partial charge on any atom is -0.348 e. The summed E-state index contributed by atoms with van der Waals surface area (Å²) in [6.45, 7) is 0.273. The van der Waals surface area contributed by atoms with E-state index in [0.717, 1.165) is 5.56 Å². The highest BCUT2D eigenvalue weighted by molar-refractivity contribution is 7.89.